The Bertz CT molecular complexity index is 1650. The maximum atomic E-state index is 13.5. The number of rotatable bonds is 6. The van der Waals surface area contributed by atoms with E-state index in [0.717, 1.165) is 12.1 Å². The molecule has 35 heavy (non-hydrogen) atoms. The minimum Gasteiger partial charge on any atom is -0.435 e. The zero-order valence-corrected chi connectivity index (χ0v) is 20.5. The molecular formula is C20H17ClF3N5O4S2. The first-order chi connectivity index (χ1) is 16.4. The van der Waals surface area contributed by atoms with E-state index in [4.69, 9.17) is 16.0 Å². The van der Waals surface area contributed by atoms with E-state index in [2.05, 4.69) is 19.4 Å². The molecule has 0 aliphatic heterocycles. The predicted octanol–water partition coefficient (Wildman–Crippen LogP) is 4.89. The van der Waals surface area contributed by atoms with Crippen LogP contribution in [-0.2, 0) is 19.6 Å². The van der Waals surface area contributed by atoms with Crippen molar-refractivity contribution in [2.24, 2.45) is 4.36 Å². The molecule has 186 valence electrons. The SMILES string of the molecule is CCN=S(=O)(c1ccc2oc(-c3ncc(-n4ccc(Cl)n4)cc3S(=O)(=O)CC)nc2c1)C(F)(F)F. The Kier molecular flexibility index (Phi) is 6.40. The Balaban J connectivity index is 1.89. The first kappa shape index (κ1) is 25.1. The van der Waals surface area contributed by atoms with Crippen LogP contribution < -0.4 is 0 Å². The summed E-state index contributed by atoms with van der Waals surface area (Å²) in [6.45, 7) is 2.48. The average Bonchev–Trinajstić information content (AvgIpc) is 3.43. The van der Waals surface area contributed by atoms with Gasteiger partial charge in [0.15, 0.2) is 30.3 Å². The summed E-state index contributed by atoms with van der Waals surface area (Å²) in [7, 11) is -8.58. The highest BCUT2D eigenvalue weighted by atomic mass is 35.5. The maximum absolute atomic E-state index is 13.5. The molecule has 4 aromatic rings. The molecule has 1 unspecified atom stereocenters. The van der Waals surface area contributed by atoms with Crippen LogP contribution in [0.5, 0.6) is 0 Å². The van der Waals surface area contributed by atoms with E-state index in [0.29, 0.717) is 5.69 Å². The van der Waals surface area contributed by atoms with E-state index in [-0.39, 0.29) is 45.0 Å². The first-order valence-corrected chi connectivity index (χ1v) is 13.6. The van der Waals surface area contributed by atoms with Crippen molar-refractivity contribution < 1.29 is 30.2 Å². The first-order valence-electron chi connectivity index (χ1n) is 10.0. The zero-order valence-electron chi connectivity index (χ0n) is 18.2. The second-order valence-electron chi connectivity index (χ2n) is 7.09. The molecule has 15 heteroatoms. The molecule has 0 amide bonds. The summed E-state index contributed by atoms with van der Waals surface area (Å²) < 4.78 is 89.2. The van der Waals surface area contributed by atoms with E-state index in [1.165, 1.54) is 49.1 Å². The molecule has 0 bridgehead atoms. The Hall–Kier alpha value is -2.97. The minimum atomic E-state index is -5.10. The van der Waals surface area contributed by atoms with Gasteiger partial charge in [-0.3, -0.25) is 0 Å². The van der Waals surface area contributed by atoms with Crippen molar-refractivity contribution in [2.45, 2.75) is 29.1 Å². The summed E-state index contributed by atoms with van der Waals surface area (Å²) in [5, 5.41) is 4.20. The number of benzene rings is 1. The van der Waals surface area contributed by atoms with Crippen LogP contribution in [-0.4, -0.2) is 50.2 Å². The normalized spacial score (nSPS) is 14.2. The largest absolute Gasteiger partial charge is 0.483 e. The highest BCUT2D eigenvalue weighted by Gasteiger charge is 2.44. The van der Waals surface area contributed by atoms with Crippen LogP contribution in [0.1, 0.15) is 13.8 Å². The van der Waals surface area contributed by atoms with Gasteiger partial charge < -0.3 is 4.42 Å². The lowest BCUT2D eigenvalue weighted by atomic mass is 10.3. The van der Waals surface area contributed by atoms with Crippen LogP contribution in [0.3, 0.4) is 0 Å². The summed E-state index contributed by atoms with van der Waals surface area (Å²) in [4.78, 5) is 7.54. The van der Waals surface area contributed by atoms with Gasteiger partial charge in [-0.2, -0.15) is 18.3 Å². The molecular weight excluding hydrogens is 531 g/mol. The fourth-order valence-electron chi connectivity index (χ4n) is 3.20. The number of fused-ring (bicyclic) bond motifs is 1. The minimum absolute atomic E-state index is 0.0498. The van der Waals surface area contributed by atoms with Gasteiger partial charge >= 0.3 is 5.51 Å². The van der Waals surface area contributed by atoms with Gasteiger partial charge in [0, 0.05) is 12.7 Å². The molecule has 0 saturated carbocycles. The molecule has 0 N–H and O–H groups in total. The lowest BCUT2D eigenvalue weighted by Gasteiger charge is -2.13. The van der Waals surface area contributed by atoms with Crippen LogP contribution >= 0.6 is 11.6 Å². The van der Waals surface area contributed by atoms with E-state index in [1.54, 1.807) is 0 Å². The molecule has 0 saturated heterocycles. The maximum Gasteiger partial charge on any atom is 0.483 e. The number of hydrogen-bond acceptors (Lipinski definition) is 8. The molecule has 9 nitrogen and oxygen atoms in total. The highest BCUT2D eigenvalue weighted by Crippen LogP contribution is 2.36. The molecule has 4 rings (SSSR count). The molecule has 0 spiro atoms. The number of aromatic nitrogens is 4. The van der Waals surface area contributed by atoms with E-state index < -0.39 is 30.0 Å². The summed E-state index contributed by atoms with van der Waals surface area (Å²) in [6.07, 6.45) is 2.84. The van der Waals surface area contributed by atoms with Crippen molar-refractivity contribution in [3.05, 3.63) is 47.9 Å². The number of nitrogens with zero attached hydrogens (tertiary/aromatic N) is 5. The third-order valence-corrected chi connectivity index (χ3v) is 8.97. The quantitative estimate of drug-likeness (QED) is 0.337. The number of hydrogen-bond donors (Lipinski definition) is 0. The Morgan fingerprint density at radius 3 is 2.49 bits per heavy atom. The van der Waals surface area contributed by atoms with Gasteiger partial charge in [-0.1, -0.05) is 18.5 Å². The van der Waals surface area contributed by atoms with Gasteiger partial charge in [0.2, 0.25) is 5.89 Å². The second-order valence-corrected chi connectivity index (χ2v) is 12.0. The number of oxazole rings is 1. The standard InChI is InChI=1S/C20H17ClF3N5O4S2/c1-3-26-35(32,20(22,23)24)13-5-6-15-14(10-13)27-19(33-15)18-16(34(30,31)4-2)9-12(11-25-18)29-8-7-17(21)28-29/h5-11H,3-4H2,1-2H3. The topological polar surface area (TPSA) is 120 Å². The van der Waals surface area contributed by atoms with Crippen LogP contribution in [0.4, 0.5) is 13.2 Å². The predicted molar refractivity (Wildman–Crippen MR) is 123 cm³/mol. The van der Waals surface area contributed by atoms with Gasteiger partial charge in [0.25, 0.3) is 0 Å². The molecule has 3 heterocycles. The van der Waals surface area contributed by atoms with E-state index >= 15 is 0 Å². The molecule has 0 radical (unpaired) electrons. The van der Waals surface area contributed by atoms with Gasteiger partial charge in [-0.25, -0.2) is 31.6 Å². The van der Waals surface area contributed by atoms with Crippen molar-refractivity contribution in [3.8, 4) is 17.3 Å². The average molecular weight is 548 g/mol. The number of halogens is 4. The Labute approximate surface area is 203 Å². The fraction of sp³-hybridized carbons (Fsp3) is 0.250. The summed E-state index contributed by atoms with van der Waals surface area (Å²) in [5.74, 6) is -0.498. The van der Waals surface area contributed by atoms with Crippen molar-refractivity contribution in [1.82, 2.24) is 19.7 Å². The monoisotopic (exact) mass is 547 g/mol. The van der Waals surface area contributed by atoms with Crippen molar-refractivity contribution >= 4 is 42.3 Å². The van der Waals surface area contributed by atoms with Crippen molar-refractivity contribution in [2.75, 3.05) is 12.3 Å². The molecule has 3 aromatic heterocycles. The fourth-order valence-corrected chi connectivity index (χ4v) is 5.84. The zero-order chi connectivity index (χ0) is 25.6. The van der Waals surface area contributed by atoms with Gasteiger partial charge in [-0.05, 0) is 37.3 Å². The molecule has 1 atom stereocenters. The van der Waals surface area contributed by atoms with E-state index in [1.807, 2.05) is 0 Å². The van der Waals surface area contributed by atoms with Gasteiger partial charge in [-0.15, -0.1) is 0 Å². The highest BCUT2D eigenvalue weighted by molar-refractivity contribution is 7.94. The van der Waals surface area contributed by atoms with Crippen molar-refractivity contribution in [3.63, 3.8) is 0 Å². The summed E-state index contributed by atoms with van der Waals surface area (Å²) >= 11 is 5.84. The number of alkyl halides is 3. The van der Waals surface area contributed by atoms with Crippen LogP contribution in [0.2, 0.25) is 5.15 Å². The Morgan fingerprint density at radius 1 is 1.14 bits per heavy atom. The number of sulfone groups is 1. The third kappa shape index (κ3) is 4.52. The van der Waals surface area contributed by atoms with Gasteiger partial charge in [0.05, 0.1) is 22.5 Å². The molecule has 0 aliphatic carbocycles. The van der Waals surface area contributed by atoms with Gasteiger partial charge in [0.1, 0.15) is 16.1 Å². The van der Waals surface area contributed by atoms with Crippen LogP contribution in [0.15, 0.2) is 61.3 Å². The lowest BCUT2D eigenvalue weighted by Crippen LogP contribution is -2.23. The smallest absolute Gasteiger partial charge is 0.435 e. The molecule has 0 aliphatic rings. The van der Waals surface area contributed by atoms with Crippen LogP contribution in [0.25, 0.3) is 28.4 Å². The van der Waals surface area contributed by atoms with Crippen molar-refractivity contribution in [1.29, 1.82) is 0 Å². The summed E-state index contributed by atoms with van der Waals surface area (Å²) in [6, 6.07) is 5.96. The molecule has 0 fully saturated rings. The van der Waals surface area contributed by atoms with Crippen LogP contribution in [0, 0.1) is 0 Å². The second kappa shape index (κ2) is 8.91. The number of pyridine rings is 1. The summed E-state index contributed by atoms with van der Waals surface area (Å²) in [5.41, 5.74) is -4.95. The lowest BCUT2D eigenvalue weighted by molar-refractivity contribution is -0.0403. The third-order valence-electron chi connectivity index (χ3n) is 4.88. The Morgan fingerprint density at radius 2 is 1.89 bits per heavy atom. The molecule has 1 aromatic carbocycles. The van der Waals surface area contributed by atoms with E-state index in [9.17, 15) is 25.8 Å².